The molecule has 5 heteroatoms. The predicted molar refractivity (Wildman–Crippen MR) is 76.4 cm³/mol. The lowest BCUT2D eigenvalue weighted by atomic mass is 9.87. The van der Waals surface area contributed by atoms with E-state index in [0.29, 0.717) is 36.6 Å². The Bertz CT molecular complexity index is 470. The van der Waals surface area contributed by atoms with Gasteiger partial charge in [-0.1, -0.05) is 0 Å². The smallest absolute Gasteiger partial charge is 0.140 e. The SMILES string of the molecule is CC(C)n1ncnc1CC(=O)CC1CC2CCC(C1)N2. The summed E-state index contributed by atoms with van der Waals surface area (Å²) in [4.78, 5) is 16.5. The minimum Gasteiger partial charge on any atom is -0.311 e. The van der Waals surface area contributed by atoms with E-state index in [9.17, 15) is 4.79 Å². The average molecular weight is 276 g/mol. The molecular formula is C15H24N4O. The van der Waals surface area contributed by atoms with Crippen molar-refractivity contribution in [2.75, 3.05) is 0 Å². The van der Waals surface area contributed by atoms with E-state index in [1.54, 1.807) is 6.33 Å². The van der Waals surface area contributed by atoms with Crippen LogP contribution in [0.5, 0.6) is 0 Å². The molecule has 2 saturated heterocycles. The Labute approximate surface area is 120 Å². The third-order valence-corrected chi connectivity index (χ3v) is 4.58. The molecule has 2 unspecified atom stereocenters. The van der Waals surface area contributed by atoms with E-state index < -0.39 is 0 Å². The molecule has 0 saturated carbocycles. The first-order chi connectivity index (χ1) is 9.61. The first-order valence-corrected chi connectivity index (χ1v) is 7.78. The molecule has 1 aromatic rings. The van der Waals surface area contributed by atoms with Crippen LogP contribution in [0.3, 0.4) is 0 Å². The lowest BCUT2D eigenvalue weighted by molar-refractivity contribution is -0.119. The van der Waals surface area contributed by atoms with Crippen LogP contribution in [-0.4, -0.2) is 32.6 Å². The van der Waals surface area contributed by atoms with Gasteiger partial charge in [-0.2, -0.15) is 5.10 Å². The van der Waals surface area contributed by atoms with Gasteiger partial charge < -0.3 is 5.32 Å². The summed E-state index contributed by atoms with van der Waals surface area (Å²) in [6, 6.07) is 1.58. The quantitative estimate of drug-likeness (QED) is 0.892. The summed E-state index contributed by atoms with van der Waals surface area (Å²) in [6.07, 6.45) is 7.59. The Morgan fingerprint density at radius 1 is 1.40 bits per heavy atom. The van der Waals surface area contributed by atoms with Crippen molar-refractivity contribution in [2.45, 2.75) is 70.5 Å². The zero-order valence-corrected chi connectivity index (χ0v) is 12.4. The van der Waals surface area contributed by atoms with Crippen molar-refractivity contribution in [1.82, 2.24) is 20.1 Å². The van der Waals surface area contributed by atoms with Gasteiger partial charge in [-0.3, -0.25) is 4.79 Å². The molecule has 2 aliphatic heterocycles. The standard InChI is InChI=1S/C15H24N4O/c1-10(2)19-15(16-9-17-19)8-14(20)7-11-5-12-3-4-13(6-11)18-12/h9-13,18H,3-8H2,1-2H3. The number of nitrogens with one attached hydrogen (secondary N) is 1. The number of ketones is 1. The van der Waals surface area contributed by atoms with Crippen molar-refractivity contribution in [3.8, 4) is 0 Å². The second-order valence-electron chi connectivity index (χ2n) is 6.61. The van der Waals surface area contributed by atoms with Crippen molar-refractivity contribution in [1.29, 1.82) is 0 Å². The summed E-state index contributed by atoms with van der Waals surface area (Å²) in [7, 11) is 0. The van der Waals surface area contributed by atoms with Gasteiger partial charge in [-0.25, -0.2) is 9.67 Å². The number of Topliss-reactive ketones (excluding diaryl/α,β-unsaturated/α-hetero) is 1. The van der Waals surface area contributed by atoms with Crippen LogP contribution in [0.15, 0.2) is 6.33 Å². The molecule has 0 amide bonds. The normalized spacial score (nSPS) is 29.1. The van der Waals surface area contributed by atoms with Crippen LogP contribution in [0.1, 0.15) is 57.8 Å². The number of rotatable bonds is 5. The van der Waals surface area contributed by atoms with Crippen LogP contribution in [0.4, 0.5) is 0 Å². The Hall–Kier alpha value is -1.23. The lowest BCUT2D eigenvalue weighted by Gasteiger charge is -2.28. The maximum absolute atomic E-state index is 12.3. The van der Waals surface area contributed by atoms with E-state index in [0.717, 1.165) is 5.82 Å². The van der Waals surface area contributed by atoms with E-state index in [4.69, 9.17) is 0 Å². The number of aromatic nitrogens is 3. The fourth-order valence-corrected chi connectivity index (χ4v) is 3.74. The van der Waals surface area contributed by atoms with Crippen molar-refractivity contribution >= 4 is 5.78 Å². The van der Waals surface area contributed by atoms with Crippen LogP contribution in [0, 0.1) is 5.92 Å². The zero-order valence-electron chi connectivity index (χ0n) is 12.4. The molecule has 20 heavy (non-hydrogen) atoms. The number of nitrogens with zero attached hydrogens (tertiary/aromatic N) is 3. The van der Waals surface area contributed by atoms with Crippen LogP contribution in [0.2, 0.25) is 0 Å². The highest BCUT2D eigenvalue weighted by Gasteiger charge is 2.34. The highest BCUT2D eigenvalue weighted by atomic mass is 16.1. The second kappa shape index (κ2) is 5.64. The maximum atomic E-state index is 12.3. The van der Waals surface area contributed by atoms with E-state index in [-0.39, 0.29) is 6.04 Å². The summed E-state index contributed by atoms with van der Waals surface area (Å²) in [6.45, 7) is 4.13. The van der Waals surface area contributed by atoms with Gasteiger partial charge in [0.05, 0.1) is 6.42 Å². The molecule has 3 rings (SSSR count). The van der Waals surface area contributed by atoms with E-state index >= 15 is 0 Å². The number of fused-ring (bicyclic) bond motifs is 2. The molecule has 0 radical (unpaired) electrons. The fourth-order valence-electron chi connectivity index (χ4n) is 3.74. The molecule has 3 heterocycles. The van der Waals surface area contributed by atoms with Gasteiger partial charge in [0, 0.05) is 24.5 Å². The molecule has 2 aliphatic rings. The number of piperidine rings is 1. The highest BCUT2D eigenvalue weighted by Crippen LogP contribution is 2.32. The molecule has 5 nitrogen and oxygen atoms in total. The number of carbonyl (C=O) groups is 1. The average Bonchev–Trinajstić information content (AvgIpc) is 2.96. The van der Waals surface area contributed by atoms with Gasteiger partial charge in [0.1, 0.15) is 17.9 Å². The Kier molecular flexibility index (Phi) is 3.87. The molecule has 1 aromatic heterocycles. The summed E-state index contributed by atoms with van der Waals surface area (Å²) in [5.41, 5.74) is 0. The van der Waals surface area contributed by atoms with Gasteiger partial charge in [0.25, 0.3) is 0 Å². The van der Waals surface area contributed by atoms with Crippen LogP contribution < -0.4 is 5.32 Å². The third kappa shape index (κ3) is 2.92. The number of hydrogen-bond donors (Lipinski definition) is 1. The number of carbonyl (C=O) groups excluding carboxylic acids is 1. The molecule has 2 bridgehead atoms. The fraction of sp³-hybridized carbons (Fsp3) is 0.800. The molecule has 110 valence electrons. The number of hydrogen-bond acceptors (Lipinski definition) is 4. The van der Waals surface area contributed by atoms with Crippen molar-refractivity contribution in [3.63, 3.8) is 0 Å². The van der Waals surface area contributed by atoms with Gasteiger partial charge >= 0.3 is 0 Å². The highest BCUT2D eigenvalue weighted by molar-refractivity contribution is 5.80. The minimum absolute atomic E-state index is 0.259. The molecule has 0 aliphatic carbocycles. The molecule has 0 spiro atoms. The molecule has 1 N–H and O–H groups in total. The Balaban J connectivity index is 1.56. The van der Waals surface area contributed by atoms with Crippen molar-refractivity contribution < 1.29 is 4.79 Å². The first kappa shape index (κ1) is 13.7. The van der Waals surface area contributed by atoms with Crippen LogP contribution in [0.25, 0.3) is 0 Å². The van der Waals surface area contributed by atoms with Gasteiger partial charge in [0.2, 0.25) is 0 Å². The van der Waals surface area contributed by atoms with Crippen molar-refractivity contribution in [2.24, 2.45) is 5.92 Å². The third-order valence-electron chi connectivity index (χ3n) is 4.58. The maximum Gasteiger partial charge on any atom is 0.140 e. The van der Waals surface area contributed by atoms with E-state index in [2.05, 4.69) is 29.2 Å². The zero-order chi connectivity index (χ0) is 14.1. The Morgan fingerprint density at radius 3 is 2.75 bits per heavy atom. The second-order valence-corrected chi connectivity index (χ2v) is 6.61. The largest absolute Gasteiger partial charge is 0.311 e. The lowest BCUT2D eigenvalue weighted by Crippen LogP contribution is -2.38. The molecule has 0 aromatic carbocycles. The first-order valence-electron chi connectivity index (χ1n) is 7.78. The van der Waals surface area contributed by atoms with Gasteiger partial charge in [0.15, 0.2) is 0 Å². The topological polar surface area (TPSA) is 59.8 Å². The Morgan fingerprint density at radius 2 is 2.10 bits per heavy atom. The molecular weight excluding hydrogens is 252 g/mol. The summed E-state index contributed by atoms with van der Waals surface area (Å²) in [5.74, 6) is 1.68. The van der Waals surface area contributed by atoms with Crippen LogP contribution >= 0.6 is 0 Å². The van der Waals surface area contributed by atoms with Gasteiger partial charge in [-0.05, 0) is 45.4 Å². The van der Waals surface area contributed by atoms with Crippen molar-refractivity contribution in [3.05, 3.63) is 12.2 Å². The van der Waals surface area contributed by atoms with E-state index in [1.807, 2.05) is 4.68 Å². The monoisotopic (exact) mass is 276 g/mol. The molecule has 2 atom stereocenters. The van der Waals surface area contributed by atoms with Gasteiger partial charge in [-0.15, -0.1) is 0 Å². The summed E-state index contributed by atoms with van der Waals surface area (Å²) in [5, 5.41) is 7.82. The van der Waals surface area contributed by atoms with E-state index in [1.165, 1.54) is 25.7 Å². The minimum atomic E-state index is 0.259. The molecule has 2 fully saturated rings. The summed E-state index contributed by atoms with van der Waals surface area (Å²) < 4.78 is 1.85. The van der Waals surface area contributed by atoms with Crippen LogP contribution in [-0.2, 0) is 11.2 Å². The predicted octanol–water partition coefficient (Wildman–Crippen LogP) is 1.89. The summed E-state index contributed by atoms with van der Waals surface area (Å²) >= 11 is 0.